The summed E-state index contributed by atoms with van der Waals surface area (Å²) in [6, 6.07) is 25.9. The normalized spacial score (nSPS) is 22.5. The van der Waals surface area contributed by atoms with Crippen LogP contribution in [0, 0.1) is 0 Å². The Labute approximate surface area is 204 Å². The third-order valence-corrected chi connectivity index (χ3v) is 8.06. The molecule has 1 fully saturated rings. The van der Waals surface area contributed by atoms with Crippen molar-refractivity contribution in [2.75, 3.05) is 6.61 Å². The van der Waals surface area contributed by atoms with Crippen molar-refractivity contribution in [3.05, 3.63) is 107 Å². The summed E-state index contributed by atoms with van der Waals surface area (Å²) in [5, 5.41) is 5.17. The number of benzene rings is 4. The molecule has 3 unspecified atom stereocenters. The van der Waals surface area contributed by atoms with E-state index in [4.69, 9.17) is 9.47 Å². The molecule has 1 aliphatic heterocycles. The average Bonchev–Trinajstić information content (AvgIpc) is 2.88. The van der Waals surface area contributed by atoms with Crippen LogP contribution in [-0.2, 0) is 9.47 Å². The zero-order chi connectivity index (χ0) is 22.9. The fourth-order valence-electron chi connectivity index (χ4n) is 5.44. The lowest BCUT2D eigenvalue weighted by Gasteiger charge is -2.28. The van der Waals surface area contributed by atoms with Gasteiger partial charge in [0, 0.05) is 22.6 Å². The van der Waals surface area contributed by atoms with E-state index in [9.17, 15) is 0 Å². The molecule has 4 aromatic rings. The van der Waals surface area contributed by atoms with E-state index in [1.54, 1.807) is 0 Å². The first-order valence-electron chi connectivity index (χ1n) is 12.4. The molecule has 3 aliphatic rings. The first kappa shape index (κ1) is 21.5. The van der Waals surface area contributed by atoms with Crippen molar-refractivity contribution in [1.82, 2.24) is 0 Å². The maximum atomic E-state index is 6.65. The van der Waals surface area contributed by atoms with Crippen LogP contribution < -0.4 is 0 Å². The second-order valence-corrected chi connectivity index (χ2v) is 10.7. The first-order valence-corrected chi connectivity index (χ1v) is 13.6. The molecule has 7 rings (SSSR count). The van der Waals surface area contributed by atoms with E-state index in [1.807, 2.05) is 0 Å². The van der Waals surface area contributed by atoms with Crippen LogP contribution in [-0.4, -0.2) is 22.6 Å². The minimum absolute atomic E-state index is 0.0428. The van der Waals surface area contributed by atoms with Gasteiger partial charge >= 0.3 is 0 Å². The molecular weight excluding hydrogens is 432 g/mol. The highest BCUT2D eigenvalue weighted by Crippen LogP contribution is 2.41. The summed E-state index contributed by atoms with van der Waals surface area (Å²) in [6.07, 6.45) is 12.7. The lowest BCUT2D eigenvalue weighted by molar-refractivity contribution is 0.0418. The SMILES string of the molecule is C1=CC(OC2C=Cc3cccc4cccc2c34)c2cccc3cccc1c23.[SiH3]C1CCCCO1. The highest BCUT2D eigenvalue weighted by atomic mass is 28.1. The number of rotatable bonds is 2. The van der Waals surface area contributed by atoms with E-state index in [1.165, 1.54) is 73.3 Å². The van der Waals surface area contributed by atoms with Gasteiger partial charge in [0.1, 0.15) is 12.2 Å². The summed E-state index contributed by atoms with van der Waals surface area (Å²) in [5.41, 5.74) is 5.73. The molecule has 34 heavy (non-hydrogen) atoms. The standard InChI is InChI=1S/C26H18O.C5H12OSi/c1-5-17-9-3-11-21-23(15-13-19(7-1)25(17)21)27-24-16-14-20-8-2-6-18-10-4-12-22(24)26(18)20;7-5-3-1-2-4-6-5/h1-16,23-24H;5H,1-4H2,7H3. The number of hydrogen-bond acceptors (Lipinski definition) is 2. The van der Waals surface area contributed by atoms with E-state index >= 15 is 0 Å². The zero-order valence-corrected chi connectivity index (χ0v) is 21.6. The van der Waals surface area contributed by atoms with Gasteiger partial charge in [0.05, 0.1) is 0 Å². The van der Waals surface area contributed by atoms with Crippen molar-refractivity contribution < 1.29 is 9.47 Å². The van der Waals surface area contributed by atoms with Crippen molar-refractivity contribution in [1.29, 1.82) is 0 Å². The molecule has 2 aliphatic carbocycles. The van der Waals surface area contributed by atoms with E-state index in [0.717, 1.165) is 6.61 Å². The molecule has 4 aromatic carbocycles. The van der Waals surface area contributed by atoms with Crippen molar-refractivity contribution in [2.45, 2.75) is 37.2 Å². The van der Waals surface area contributed by atoms with Gasteiger partial charge in [-0.2, -0.15) is 0 Å². The molecule has 1 saturated heterocycles. The summed E-state index contributed by atoms with van der Waals surface area (Å²) in [5.74, 6) is 0. The van der Waals surface area contributed by atoms with Crippen LogP contribution in [0.4, 0.5) is 0 Å². The van der Waals surface area contributed by atoms with Crippen LogP contribution >= 0.6 is 0 Å². The molecule has 1 heterocycles. The molecule has 0 N–H and O–H groups in total. The molecule has 3 atom stereocenters. The Bertz CT molecular complexity index is 1290. The number of ether oxygens (including phenoxy) is 2. The van der Waals surface area contributed by atoms with Crippen LogP contribution in [0.15, 0.2) is 84.9 Å². The first-order chi connectivity index (χ1) is 16.8. The predicted octanol–water partition coefficient (Wildman–Crippen LogP) is 6.72. The molecule has 0 radical (unpaired) electrons. The maximum Gasteiger partial charge on any atom is 0.103 e. The van der Waals surface area contributed by atoms with Gasteiger partial charge in [0.25, 0.3) is 0 Å². The van der Waals surface area contributed by atoms with Gasteiger partial charge in [0.15, 0.2) is 0 Å². The van der Waals surface area contributed by atoms with Gasteiger partial charge in [-0.3, -0.25) is 0 Å². The van der Waals surface area contributed by atoms with Crippen molar-refractivity contribution >= 4 is 43.9 Å². The fourth-order valence-corrected chi connectivity index (χ4v) is 6.08. The van der Waals surface area contributed by atoms with Crippen LogP contribution in [0.25, 0.3) is 33.7 Å². The third-order valence-electron chi connectivity index (χ3n) is 7.15. The Kier molecular flexibility index (Phi) is 5.92. The minimum Gasteiger partial charge on any atom is -0.383 e. The summed E-state index contributed by atoms with van der Waals surface area (Å²) >= 11 is 0. The second-order valence-electron chi connectivity index (χ2n) is 9.46. The zero-order valence-electron chi connectivity index (χ0n) is 19.6. The highest BCUT2D eigenvalue weighted by molar-refractivity contribution is 6.11. The molecule has 0 spiro atoms. The molecule has 0 bridgehead atoms. The maximum absolute atomic E-state index is 6.65. The Morgan fingerprint density at radius 3 is 1.65 bits per heavy atom. The Morgan fingerprint density at radius 1 is 0.676 bits per heavy atom. The summed E-state index contributed by atoms with van der Waals surface area (Å²) in [4.78, 5) is 0. The van der Waals surface area contributed by atoms with Gasteiger partial charge in [-0.25, -0.2) is 0 Å². The molecule has 0 saturated carbocycles. The lowest BCUT2D eigenvalue weighted by Crippen LogP contribution is -2.18. The quantitative estimate of drug-likeness (QED) is 0.308. The Morgan fingerprint density at radius 2 is 1.21 bits per heavy atom. The third kappa shape index (κ3) is 4.05. The van der Waals surface area contributed by atoms with Gasteiger partial charge in [-0.1, -0.05) is 97.1 Å². The molecule has 0 aromatic heterocycles. The van der Waals surface area contributed by atoms with Crippen LogP contribution in [0.1, 0.15) is 53.7 Å². The highest BCUT2D eigenvalue weighted by Gasteiger charge is 2.24. The summed E-state index contributed by atoms with van der Waals surface area (Å²) < 4.78 is 12.0. The molecular formula is C31H30O2Si. The molecule has 170 valence electrons. The summed E-state index contributed by atoms with van der Waals surface area (Å²) in [7, 11) is 1.23. The van der Waals surface area contributed by atoms with Crippen molar-refractivity contribution in [3.63, 3.8) is 0 Å². The van der Waals surface area contributed by atoms with E-state index in [0.29, 0.717) is 5.73 Å². The number of hydrogen-bond donors (Lipinski definition) is 0. The Hall–Kier alpha value is -2.98. The van der Waals surface area contributed by atoms with Gasteiger partial charge in [-0.05, 0) is 63.1 Å². The van der Waals surface area contributed by atoms with E-state index < -0.39 is 0 Å². The van der Waals surface area contributed by atoms with Gasteiger partial charge < -0.3 is 9.47 Å². The van der Waals surface area contributed by atoms with Crippen molar-refractivity contribution in [2.24, 2.45) is 0 Å². The van der Waals surface area contributed by atoms with Gasteiger partial charge in [-0.15, -0.1) is 0 Å². The molecule has 0 amide bonds. The second kappa shape index (κ2) is 9.34. The molecule has 2 nitrogen and oxygen atoms in total. The Balaban J connectivity index is 0.000000269. The fraction of sp³-hybridized carbons (Fsp3) is 0.226. The predicted molar refractivity (Wildman–Crippen MR) is 146 cm³/mol. The smallest absolute Gasteiger partial charge is 0.103 e. The van der Waals surface area contributed by atoms with E-state index in [2.05, 4.69) is 97.1 Å². The summed E-state index contributed by atoms with van der Waals surface area (Å²) in [6.45, 7) is 1.02. The monoisotopic (exact) mass is 462 g/mol. The van der Waals surface area contributed by atoms with Crippen LogP contribution in [0.5, 0.6) is 0 Å². The van der Waals surface area contributed by atoms with E-state index in [-0.39, 0.29) is 12.2 Å². The molecule has 3 heteroatoms. The lowest BCUT2D eigenvalue weighted by atomic mass is 9.89. The topological polar surface area (TPSA) is 18.5 Å². The van der Waals surface area contributed by atoms with Crippen LogP contribution in [0.2, 0.25) is 0 Å². The van der Waals surface area contributed by atoms with Crippen molar-refractivity contribution in [3.8, 4) is 0 Å². The minimum atomic E-state index is -0.0428. The average molecular weight is 463 g/mol. The van der Waals surface area contributed by atoms with Gasteiger partial charge in [0.2, 0.25) is 0 Å². The van der Waals surface area contributed by atoms with Crippen LogP contribution in [0.3, 0.4) is 0 Å². The largest absolute Gasteiger partial charge is 0.383 e.